The second-order valence-corrected chi connectivity index (χ2v) is 4.81. The van der Waals surface area contributed by atoms with E-state index >= 15 is 0 Å². The summed E-state index contributed by atoms with van der Waals surface area (Å²) in [7, 11) is 1.66. The topological polar surface area (TPSA) is 60.4 Å². The van der Waals surface area contributed by atoms with E-state index in [-0.39, 0.29) is 6.04 Å². The van der Waals surface area contributed by atoms with E-state index in [1.54, 1.807) is 13.4 Å². The Morgan fingerprint density at radius 3 is 2.89 bits per heavy atom. The summed E-state index contributed by atoms with van der Waals surface area (Å²) >= 11 is 3.46. The first-order valence-corrected chi connectivity index (χ1v) is 6.36. The summed E-state index contributed by atoms with van der Waals surface area (Å²) < 4.78 is 11.7. The number of methoxy groups -OCH3 is 1. The van der Waals surface area contributed by atoms with Gasteiger partial charge in [-0.1, -0.05) is 15.9 Å². The van der Waals surface area contributed by atoms with Gasteiger partial charge >= 0.3 is 0 Å². The number of hydrogen-bond acceptors (Lipinski definition) is 4. The molecule has 0 bridgehead atoms. The molecule has 1 heterocycles. The third-order valence-electron chi connectivity index (χ3n) is 2.75. The number of furan rings is 1. The van der Waals surface area contributed by atoms with Gasteiger partial charge in [-0.2, -0.15) is 0 Å². The van der Waals surface area contributed by atoms with Crippen LogP contribution in [-0.2, 0) is 6.42 Å². The van der Waals surface area contributed by atoms with Gasteiger partial charge in [0.25, 0.3) is 0 Å². The molecule has 2 aromatic rings. The number of benzene rings is 1. The summed E-state index contributed by atoms with van der Waals surface area (Å²) in [5, 5.41) is 0. The standard InChI is InChI=1S/C13H15BrN2O2/c1-17-12-5-4-10(14)7-9(12)8-11(16-15)13-3-2-6-18-13/h2-7,11,16H,8,15H2,1H3. The Morgan fingerprint density at radius 2 is 2.28 bits per heavy atom. The summed E-state index contributed by atoms with van der Waals surface area (Å²) in [6.07, 6.45) is 2.32. The van der Waals surface area contributed by atoms with Crippen LogP contribution in [0.5, 0.6) is 5.75 Å². The molecule has 0 spiro atoms. The predicted octanol–water partition coefficient (Wildman–Crippen LogP) is 2.80. The fourth-order valence-corrected chi connectivity index (χ4v) is 2.27. The van der Waals surface area contributed by atoms with Gasteiger partial charge in [0.1, 0.15) is 11.5 Å². The van der Waals surface area contributed by atoms with Crippen molar-refractivity contribution in [1.29, 1.82) is 0 Å². The van der Waals surface area contributed by atoms with Crippen molar-refractivity contribution in [2.24, 2.45) is 5.84 Å². The summed E-state index contributed by atoms with van der Waals surface area (Å²) in [6, 6.07) is 9.55. The first-order chi connectivity index (χ1) is 8.74. The van der Waals surface area contributed by atoms with Crippen LogP contribution in [0.1, 0.15) is 17.4 Å². The smallest absolute Gasteiger partial charge is 0.122 e. The molecule has 1 unspecified atom stereocenters. The molecule has 0 aliphatic carbocycles. The van der Waals surface area contributed by atoms with Gasteiger partial charge in [0.05, 0.1) is 19.4 Å². The first kappa shape index (κ1) is 13.1. The van der Waals surface area contributed by atoms with Crippen LogP contribution < -0.4 is 16.0 Å². The largest absolute Gasteiger partial charge is 0.496 e. The second-order valence-electron chi connectivity index (χ2n) is 3.89. The molecule has 2 rings (SSSR count). The van der Waals surface area contributed by atoms with Crippen molar-refractivity contribution in [3.8, 4) is 5.75 Å². The van der Waals surface area contributed by atoms with E-state index in [4.69, 9.17) is 15.0 Å². The van der Waals surface area contributed by atoms with Gasteiger partial charge in [-0.25, -0.2) is 5.43 Å². The van der Waals surface area contributed by atoms with Crippen molar-refractivity contribution in [1.82, 2.24) is 5.43 Å². The van der Waals surface area contributed by atoms with Crippen LogP contribution in [0, 0.1) is 0 Å². The van der Waals surface area contributed by atoms with Crippen molar-refractivity contribution >= 4 is 15.9 Å². The zero-order valence-corrected chi connectivity index (χ0v) is 11.6. The summed E-state index contributed by atoms with van der Waals surface area (Å²) in [5.74, 6) is 7.22. The fourth-order valence-electron chi connectivity index (χ4n) is 1.86. The van der Waals surface area contributed by atoms with Gasteiger partial charge in [-0.3, -0.25) is 5.84 Å². The molecule has 3 N–H and O–H groups in total. The van der Waals surface area contributed by atoms with Gasteiger partial charge in [0.2, 0.25) is 0 Å². The summed E-state index contributed by atoms with van der Waals surface area (Å²) in [4.78, 5) is 0. The summed E-state index contributed by atoms with van der Waals surface area (Å²) in [6.45, 7) is 0. The molecule has 0 amide bonds. The molecule has 18 heavy (non-hydrogen) atoms. The highest BCUT2D eigenvalue weighted by molar-refractivity contribution is 9.10. The van der Waals surface area contributed by atoms with Crippen LogP contribution in [0.3, 0.4) is 0 Å². The SMILES string of the molecule is COc1ccc(Br)cc1CC(NN)c1ccco1. The molecule has 0 aliphatic heterocycles. The highest BCUT2D eigenvalue weighted by atomic mass is 79.9. The fraction of sp³-hybridized carbons (Fsp3) is 0.231. The molecule has 0 fully saturated rings. The average molecular weight is 311 g/mol. The minimum absolute atomic E-state index is 0.0804. The van der Waals surface area contributed by atoms with E-state index in [1.165, 1.54) is 0 Å². The monoisotopic (exact) mass is 310 g/mol. The molecule has 96 valence electrons. The van der Waals surface area contributed by atoms with E-state index in [0.717, 1.165) is 21.5 Å². The molecule has 0 saturated heterocycles. The first-order valence-electron chi connectivity index (χ1n) is 5.56. The third-order valence-corrected chi connectivity index (χ3v) is 3.25. The predicted molar refractivity (Wildman–Crippen MR) is 73.2 cm³/mol. The number of ether oxygens (including phenoxy) is 1. The number of halogens is 1. The van der Waals surface area contributed by atoms with E-state index in [9.17, 15) is 0 Å². The van der Waals surface area contributed by atoms with Crippen molar-refractivity contribution in [3.63, 3.8) is 0 Å². The maximum absolute atomic E-state index is 5.58. The van der Waals surface area contributed by atoms with Crippen molar-refractivity contribution < 1.29 is 9.15 Å². The molecule has 1 aromatic carbocycles. The normalized spacial score (nSPS) is 12.4. The zero-order valence-electron chi connectivity index (χ0n) is 10.0. The maximum Gasteiger partial charge on any atom is 0.122 e. The Morgan fingerprint density at radius 1 is 1.44 bits per heavy atom. The highest BCUT2D eigenvalue weighted by Gasteiger charge is 2.16. The Bertz CT molecular complexity index is 500. The van der Waals surface area contributed by atoms with Crippen LogP contribution in [-0.4, -0.2) is 7.11 Å². The molecular weight excluding hydrogens is 296 g/mol. The molecule has 0 radical (unpaired) electrons. The molecule has 1 aromatic heterocycles. The van der Waals surface area contributed by atoms with Crippen molar-refractivity contribution in [3.05, 3.63) is 52.4 Å². The lowest BCUT2D eigenvalue weighted by Gasteiger charge is -2.15. The van der Waals surface area contributed by atoms with E-state index in [0.29, 0.717) is 6.42 Å². The van der Waals surface area contributed by atoms with Gasteiger partial charge in [0, 0.05) is 4.47 Å². The number of nitrogens with two attached hydrogens (primary N) is 1. The lowest BCUT2D eigenvalue weighted by Crippen LogP contribution is -2.29. The Hall–Kier alpha value is -1.30. The number of hydrazine groups is 1. The molecule has 5 heteroatoms. The minimum atomic E-state index is -0.0804. The van der Waals surface area contributed by atoms with E-state index in [2.05, 4.69) is 21.4 Å². The Labute approximate surface area is 114 Å². The third kappa shape index (κ3) is 2.93. The van der Waals surface area contributed by atoms with Gasteiger partial charge < -0.3 is 9.15 Å². The minimum Gasteiger partial charge on any atom is -0.496 e. The molecular formula is C13H15BrN2O2. The van der Waals surface area contributed by atoms with Gasteiger partial charge in [0.15, 0.2) is 0 Å². The second kappa shape index (κ2) is 6.04. The van der Waals surface area contributed by atoms with Crippen LogP contribution >= 0.6 is 15.9 Å². The number of rotatable bonds is 5. The highest BCUT2D eigenvalue weighted by Crippen LogP contribution is 2.27. The van der Waals surface area contributed by atoms with Crippen molar-refractivity contribution in [2.75, 3.05) is 7.11 Å². The van der Waals surface area contributed by atoms with Crippen LogP contribution in [0.4, 0.5) is 0 Å². The number of nitrogens with one attached hydrogen (secondary N) is 1. The Balaban J connectivity index is 2.24. The van der Waals surface area contributed by atoms with Crippen molar-refractivity contribution in [2.45, 2.75) is 12.5 Å². The molecule has 1 atom stereocenters. The van der Waals surface area contributed by atoms with Gasteiger partial charge in [-0.15, -0.1) is 0 Å². The lowest BCUT2D eigenvalue weighted by molar-refractivity contribution is 0.392. The Kier molecular flexibility index (Phi) is 4.41. The summed E-state index contributed by atoms with van der Waals surface area (Å²) in [5.41, 5.74) is 3.82. The average Bonchev–Trinajstić information content (AvgIpc) is 2.90. The maximum atomic E-state index is 5.58. The van der Waals surface area contributed by atoms with Crippen LogP contribution in [0.25, 0.3) is 0 Å². The van der Waals surface area contributed by atoms with E-state index < -0.39 is 0 Å². The molecule has 0 saturated carbocycles. The van der Waals surface area contributed by atoms with Crippen LogP contribution in [0.2, 0.25) is 0 Å². The van der Waals surface area contributed by atoms with Gasteiger partial charge in [-0.05, 0) is 42.3 Å². The van der Waals surface area contributed by atoms with Crippen LogP contribution in [0.15, 0.2) is 45.5 Å². The molecule has 4 nitrogen and oxygen atoms in total. The number of hydrogen-bond donors (Lipinski definition) is 2. The lowest BCUT2D eigenvalue weighted by atomic mass is 10.0. The molecule has 0 aliphatic rings. The quantitative estimate of drug-likeness (QED) is 0.658. The van der Waals surface area contributed by atoms with E-state index in [1.807, 2.05) is 30.3 Å². The zero-order chi connectivity index (χ0) is 13.0.